The number of aromatic nitrogens is 3. The van der Waals surface area contributed by atoms with E-state index in [1.165, 1.54) is 6.26 Å². The molecule has 0 aliphatic carbocycles. The Morgan fingerprint density at radius 3 is 2.75 bits per heavy atom. The number of pyridine rings is 1. The van der Waals surface area contributed by atoms with Gasteiger partial charge in [-0.05, 0) is 18.6 Å². The van der Waals surface area contributed by atoms with Crippen LogP contribution in [-0.2, 0) is 12.6 Å². The SMILES string of the molecule is Nc1cc(C(F)(F)F)nc(SCCc2cc3ccoc3c(Cl)n2)n1. The summed E-state index contributed by atoms with van der Waals surface area (Å²) in [7, 11) is 0. The second kappa shape index (κ2) is 6.48. The minimum absolute atomic E-state index is 0.0298. The van der Waals surface area contributed by atoms with Crippen LogP contribution in [0.25, 0.3) is 11.0 Å². The lowest BCUT2D eigenvalue weighted by atomic mass is 10.2. The van der Waals surface area contributed by atoms with Crippen molar-refractivity contribution in [2.45, 2.75) is 17.8 Å². The Morgan fingerprint density at radius 2 is 2.00 bits per heavy atom. The van der Waals surface area contributed by atoms with Crippen LogP contribution in [-0.4, -0.2) is 20.7 Å². The van der Waals surface area contributed by atoms with Crippen molar-refractivity contribution in [1.29, 1.82) is 0 Å². The summed E-state index contributed by atoms with van der Waals surface area (Å²) >= 11 is 7.08. The number of thioether (sulfide) groups is 1. The summed E-state index contributed by atoms with van der Waals surface area (Å²) in [5, 5.41) is 1.03. The zero-order chi connectivity index (χ0) is 17.3. The fourth-order valence-electron chi connectivity index (χ4n) is 2.02. The number of fused-ring (bicyclic) bond motifs is 1. The average molecular weight is 375 g/mol. The van der Waals surface area contributed by atoms with Gasteiger partial charge in [-0.25, -0.2) is 15.0 Å². The molecule has 0 radical (unpaired) electrons. The van der Waals surface area contributed by atoms with Crippen LogP contribution in [0.1, 0.15) is 11.4 Å². The molecule has 3 aromatic heterocycles. The normalized spacial score (nSPS) is 12.0. The molecular formula is C14H10ClF3N4OS. The molecule has 3 heterocycles. The second-order valence-corrected chi connectivity index (χ2v) is 6.22. The number of furan rings is 1. The van der Waals surface area contributed by atoms with E-state index in [0.717, 1.165) is 17.1 Å². The predicted molar refractivity (Wildman–Crippen MR) is 84.9 cm³/mol. The van der Waals surface area contributed by atoms with Gasteiger partial charge in [-0.15, -0.1) is 0 Å². The van der Waals surface area contributed by atoms with Gasteiger partial charge in [0.25, 0.3) is 0 Å². The summed E-state index contributed by atoms with van der Waals surface area (Å²) in [5.74, 6) is 0.203. The van der Waals surface area contributed by atoms with Crippen LogP contribution in [0.4, 0.5) is 19.0 Å². The highest BCUT2D eigenvalue weighted by molar-refractivity contribution is 7.99. The van der Waals surface area contributed by atoms with Crippen molar-refractivity contribution in [3.63, 3.8) is 0 Å². The molecule has 0 fully saturated rings. The number of nitrogen functional groups attached to an aromatic ring is 1. The minimum Gasteiger partial charge on any atom is -0.461 e. The van der Waals surface area contributed by atoms with Gasteiger partial charge in [0.05, 0.1) is 6.26 Å². The molecule has 5 nitrogen and oxygen atoms in total. The standard InChI is InChI=1S/C14H10ClF3N4OS/c15-12-11-7(1-3-23-11)5-8(20-12)2-4-24-13-21-9(14(16,17)18)6-10(19)22-13/h1,3,5-6H,2,4H2,(H2,19,21,22). The van der Waals surface area contributed by atoms with Crippen molar-refractivity contribution in [3.05, 3.63) is 41.0 Å². The van der Waals surface area contributed by atoms with E-state index in [-0.39, 0.29) is 16.1 Å². The number of hydrogen-bond acceptors (Lipinski definition) is 6. The van der Waals surface area contributed by atoms with Gasteiger partial charge in [0, 0.05) is 22.9 Å². The van der Waals surface area contributed by atoms with Gasteiger partial charge in [0.1, 0.15) is 5.82 Å². The lowest BCUT2D eigenvalue weighted by Gasteiger charge is -2.08. The molecule has 0 spiro atoms. The molecule has 0 saturated heterocycles. The lowest BCUT2D eigenvalue weighted by molar-refractivity contribution is -0.141. The van der Waals surface area contributed by atoms with E-state index >= 15 is 0 Å². The van der Waals surface area contributed by atoms with E-state index in [1.54, 1.807) is 6.07 Å². The predicted octanol–water partition coefficient (Wildman–Crippen LogP) is 4.21. The summed E-state index contributed by atoms with van der Waals surface area (Å²) in [6, 6.07) is 4.28. The fraction of sp³-hybridized carbons (Fsp3) is 0.214. The van der Waals surface area contributed by atoms with Crippen molar-refractivity contribution < 1.29 is 17.6 Å². The van der Waals surface area contributed by atoms with Crippen molar-refractivity contribution in [3.8, 4) is 0 Å². The molecule has 2 N–H and O–H groups in total. The lowest BCUT2D eigenvalue weighted by Crippen LogP contribution is -2.11. The largest absolute Gasteiger partial charge is 0.461 e. The maximum absolute atomic E-state index is 12.7. The summed E-state index contributed by atoms with van der Waals surface area (Å²) in [4.78, 5) is 11.5. The summed E-state index contributed by atoms with van der Waals surface area (Å²) in [5.41, 5.74) is 5.55. The maximum Gasteiger partial charge on any atom is 0.433 e. The third kappa shape index (κ3) is 3.73. The minimum atomic E-state index is -4.56. The second-order valence-electron chi connectivity index (χ2n) is 4.80. The number of rotatable bonds is 4. The molecule has 0 atom stereocenters. The van der Waals surface area contributed by atoms with Gasteiger partial charge in [-0.3, -0.25) is 0 Å². The molecule has 0 aliphatic heterocycles. The van der Waals surface area contributed by atoms with Crippen molar-refractivity contribution in [1.82, 2.24) is 15.0 Å². The number of hydrogen-bond donors (Lipinski definition) is 1. The van der Waals surface area contributed by atoms with Gasteiger partial charge >= 0.3 is 6.18 Å². The molecule has 10 heteroatoms. The smallest absolute Gasteiger partial charge is 0.433 e. The number of nitrogens with two attached hydrogens (primary N) is 1. The Bertz CT molecular complexity index is 884. The number of halogens is 4. The van der Waals surface area contributed by atoms with Crippen molar-refractivity contribution in [2.75, 3.05) is 11.5 Å². The van der Waals surface area contributed by atoms with Crippen molar-refractivity contribution >= 4 is 40.1 Å². The van der Waals surface area contributed by atoms with Gasteiger partial charge in [-0.1, -0.05) is 23.4 Å². The van der Waals surface area contributed by atoms with E-state index in [0.29, 0.717) is 29.5 Å². The molecule has 0 aromatic carbocycles. The van der Waals surface area contributed by atoms with E-state index in [1.807, 2.05) is 6.07 Å². The van der Waals surface area contributed by atoms with Crippen LogP contribution >= 0.6 is 23.4 Å². The Morgan fingerprint density at radius 1 is 1.21 bits per heavy atom. The number of nitrogens with zero attached hydrogens (tertiary/aromatic N) is 3. The monoisotopic (exact) mass is 374 g/mol. The Hall–Kier alpha value is -2.00. The first kappa shape index (κ1) is 16.8. The van der Waals surface area contributed by atoms with Crippen LogP contribution in [0.5, 0.6) is 0 Å². The van der Waals surface area contributed by atoms with Crippen molar-refractivity contribution in [2.24, 2.45) is 0 Å². The first-order chi connectivity index (χ1) is 11.3. The topological polar surface area (TPSA) is 77.8 Å². The summed E-state index contributed by atoms with van der Waals surface area (Å²) in [6.45, 7) is 0. The molecule has 126 valence electrons. The van der Waals surface area contributed by atoms with Crippen LogP contribution < -0.4 is 5.73 Å². The number of anilines is 1. The third-order valence-electron chi connectivity index (χ3n) is 3.05. The Balaban J connectivity index is 1.70. The zero-order valence-electron chi connectivity index (χ0n) is 12.0. The highest BCUT2D eigenvalue weighted by atomic mass is 35.5. The van der Waals surface area contributed by atoms with Crippen LogP contribution in [0.15, 0.2) is 34.0 Å². The Kier molecular flexibility index (Phi) is 4.55. The van der Waals surface area contributed by atoms with Gasteiger partial charge < -0.3 is 10.2 Å². The van der Waals surface area contributed by atoms with E-state index in [2.05, 4.69) is 15.0 Å². The highest BCUT2D eigenvalue weighted by Gasteiger charge is 2.33. The molecule has 0 amide bonds. The van der Waals surface area contributed by atoms with Crippen LogP contribution in [0.3, 0.4) is 0 Å². The highest BCUT2D eigenvalue weighted by Crippen LogP contribution is 2.30. The first-order valence-corrected chi connectivity index (χ1v) is 8.06. The molecule has 0 unspecified atom stereocenters. The molecule has 0 saturated carbocycles. The first-order valence-electron chi connectivity index (χ1n) is 6.70. The number of alkyl halides is 3. The molecule has 3 rings (SSSR count). The van der Waals surface area contributed by atoms with Crippen LogP contribution in [0, 0.1) is 0 Å². The molecule has 0 aliphatic rings. The maximum atomic E-state index is 12.7. The van der Waals surface area contributed by atoms with E-state index in [4.69, 9.17) is 21.8 Å². The third-order valence-corrected chi connectivity index (χ3v) is 4.16. The molecule has 0 bridgehead atoms. The fourth-order valence-corrected chi connectivity index (χ4v) is 3.11. The molecular weight excluding hydrogens is 365 g/mol. The van der Waals surface area contributed by atoms with Gasteiger partial charge in [-0.2, -0.15) is 13.2 Å². The summed E-state index contributed by atoms with van der Waals surface area (Å²) in [6.07, 6.45) is -2.57. The quantitative estimate of drug-likeness (QED) is 0.419. The zero-order valence-corrected chi connectivity index (χ0v) is 13.5. The van der Waals surface area contributed by atoms with Gasteiger partial charge in [0.15, 0.2) is 21.6 Å². The van der Waals surface area contributed by atoms with Crippen LogP contribution in [0.2, 0.25) is 5.15 Å². The number of aryl methyl sites for hydroxylation is 1. The summed E-state index contributed by atoms with van der Waals surface area (Å²) < 4.78 is 43.3. The van der Waals surface area contributed by atoms with Gasteiger partial charge in [0.2, 0.25) is 0 Å². The molecule has 3 aromatic rings. The van der Waals surface area contributed by atoms with E-state index in [9.17, 15) is 13.2 Å². The Labute approximate surface area is 143 Å². The molecule has 24 heavy (non-hydrogen) atoms. The van der Waals surface area contributed by atoms with E-state index < -0.39 is 11.9 Å². The average Bonchev–Trinajstić information content (AvgIpc) is 2.95.